The van der Waals surface area contributed by atoms with Crippen LogP contribution in [-0.4, -0.2) is 9.55 Å². The van der Waals surface area contributed by atoms with Gasteiger partial charge in [0.05, 0.1) is 16.9 Å². The first kappa shape index (κ1) is 13.4. The third-order valence-electron chi connectivity index (χ3n) is 3.72. The van der Waals surface area contributed by atoms with E-state index in [0.29, 0.717) is 5.88 Å². The molecule has 18 heavy (non-hydrogen) atoms. The molecule has 2 nitrogen and oxygen atoms in total. The Morgan fingerprint density at radius 1 is 1.33 bits per heavy atom. The minimum absolute atomic E-state index is 0.262. The first-order valence-electron chi connectivity index (χ1n) is 6.49. The molecule has 0 bridgehead atoms. The summed E-state index contributed by atoms with van der Waals surface area (Å²) in [5.41, 5.74) is 3.76. The van der Waals surface area contributed by atoms with Crippen LogP contribution in [0, 0.1) is 12.3 Å². The van der Waals surface area contributed by atoms with Gasteiger partial charge in [0.25, 0.3) is 0 Å². The first-order valence-corrected chi connectivity index (χ1v) is 7.02. The highest BCUT2D eigenvalue weighted by molar-refractivity contribution is 6.16. The van der Waals surface area contributed by atoms with E-state index >= 15 is 0 Å². The molecule has 2 rings (SSSR count). The topological polar surface area (TPSA) is 17.8 Å². The number of hydrogen-bond donors (Lipinski definition) is 0. The third-order valence-corrected chi connectivity index (χ3v) is 3.96. The number of aromatic nitrogens is 2. The van der Waals surface area contributed by atoms with E-state index in [4.69, 9.17) is 11.6 Å². The Kier molecular flexibility index (Phi) is 3.67. The number of halogens is 1. The fourth-order valence-electron chi connectivity index (χ4n) is 2.15. The summed E-state index contributed by atoms with van der Waals surface area (Å²) in [7, 11) is 0. The molecule has 0 aliphatic heterocycles. The number of para-hydroxylation sites is 1. The van der Waals surface area contributed by atoms with Gasteiger partial charge in [-0.05, 0) is 30.4 Å². The molecular formula is C15H21ClN2. The molecule has 3 heteroatoms. The number of fused-ring (bicyclic) bond motifs is 1. The highest BCUT2D eigenvalue weighted by atomic mass is 35.5. The summed E-state index contributed by atoms with van der Waals surface area (Å²) in [5.74, 6) is 1.44. The zero-order chi connectivity index (χ0) is 13.3. The van der Waals surface area contributed by atoms with Gasteiger partial charge in [0, 0.05) is 6.54 Å². The number of nitrogens with zero attached hydrogens (tertiary/aromatic N) is 2. The van der Waals surface area contributed by atoms with Gasteiger partial charge in [0.15, 0.2) is 0 Å². The van der Waals surface area contributed by atoms with Crippen molar-refractivity contribution in [3.8, 4) is 0 Å². The van der Waals surface area contributed by atoms with Gasteiger partial charge in [-0.3, -0.25) is 0 Å². The van der Waals surface area contributed by atoms with E-state index in [9.17, 15) is 0 Å². The lowest BCUT2D eigenvalue weighted by Gasteiger charge is -2.24. The number of benzene rings is 1. The van der Waals surface area contributed by atoms with Crippen LogP contribution in [0.2, 0.25) is 0 Å². The summed E-state index contributed by atoms with van der Waals surface area (Å²) in [6, 6.07) is 6.33. The van der Waals surface area contributed by atoms with Gasteiger partial charge in [-0.2, -0.15) is 0 Å². The first-order chi connectivity index (χ1) is 8.48. The van der Waals surface area contributed by atoms with E-state index in [1.165, 1.54) is 11.1 Å². The van der Waals surface area contributed by atoms with Crippen LogP contribution in [0.5, 0.6) is 0 Å². The Balaban J connectivity index is 2.57. The van der Waals surface area contributed by atoms with Crippen molar-refractivity contribution in [2.24, 2.45) is 5.41 Å². The fraction of sp³-hybridized carbons (Fsp3) is 0.533. The van der Waals surface area contributed by atoms with Crippen LogP contribution in [0.15, 0.2) is 18.2 Å². The quantitative estimate of drug-likeness (QED) is 0.743. The van der Waals surface area contributed by atoms with Gasteiger partial charge in [0.2, 0.25) is 0 Å². The Labute approximate surface area is 114 Å². The summed E-state index contributed by atoms with van der Waals surface area (Å²) in [6.45, 7) is 9.86. The van der Waals surface area contributed by atoms with Crippen molar-refractivity contribution in [2.45, 2.75) is 46.5 Å². The van der Waals surface area contributed by atoms with Crippen molar-refractivity contribution in [3.63, 3.8) is 0 Å². The molecule has 0 unspecified atom stereocenters. The number of hydrogen-bond acceptors (Lipinski definition) is 1. The highest BCUT2D eigenvalue weighted by Gasteiger charge is 2.20. The Bertz CT molecular complexity index is 555. The molecule has 0 N–H and O–H groups in total. The summed E-state index contributed by atoms with van der Waals surface area (Å²) in [5, 5.41) is 0. The number of alkyl halides is 1. The third kappa shape index (κ3) is 2.39. The predicted molar refractivity (Wildman–Crippen MR) is 78.1 cm³/mol. The van der Waals surface area contributed by atoms with Crippen molar-refractivity contribution < 1.29 is 0 Å². The average molecular weight is 265 g/mol. The molecule has 1 heterocycles. The van der Waals surface area contributed by atoms with Gasteiger partial charge >= 0.3 is 0 Å². The van der Waals surface area contributed by atoms with Crippen molar-refractivity contribution in [1.82, 2.24) is 9.55 Å². The molecule has 0 fully saturated rings. The Morgan fingerprint density at radius 2 is 2.06 bits per heavy atom. The number of rotatable bonds is 4. The molecule has 2 aromatic rings. The maximum Gasteiger partial charge on any atom is 0.124 e. The van der Waals surface area contributed by atoms with Crippen LogP contribution < -0.4 is 0 Å². The van der Waals surface area contributed by atoms with Crippen LogP contribution in [0.25, 0.3) is 11.0 Å². The zero-order valence-electron chi connectivity index (χ0n) is 11.6. The smallest absolute Gasteiger partial charge is 0.124 e. The molecule has 0 spiro atoms. The largest absolute Gasteiger partial charge is 0.326 e. The number of aryl methyl sites for hydroxylation is 1. The molecule has 1 aromatic heterocycles. The molecule has 98 valence electrons. The summed E-state index contributed by atoms with van der Waals surface area (Å²) < 4.78 is 2.28. The fourth-order valence-corrected chi connectivity index (χ4v) is 2.36. The normalized spacial score (nSPS) is 12.3. The SMILES string of the molecule is CCC(C)(C)Cn1c(CCl)nc2c(C)cccc21. The Hall–Kier alpha value is -1.02. The van der Waals surface area contributed by atoms with Gasteiger partial charge in [-0.1, -0.05) is 32.9 Å². The highest BCUT2D eigenvalue weighted by Crippen LogP contribution is 2.28. The van der Waals surface area contributed by atoms with Gasteiger partial charge in [-0.25, -0.2) is 4.98 Å². The molecule has 0 radical (unpaired) electrons. The molecule has 0 amide bonds. The second-order valence-corrected chi connectivity index (χ2v) is 5.98. The van der Waals surface area contributed by atoms with Gasteiger partial charge < -0.3 is 4.57 Å². The van der Waals surface area contributed by atoms with E-state index in [1.807, 2.05) is 0 Å². The summed E-state index contributed by atoms with van der Waals surface area (Å²) in [6.07, 6.45) is 1.14. The minimum Gasteiger partial charge on any atom is -0.326 e. The van der Waals surface area contributed by atoms with E-state index in [-0.39, 0.29) is 5.41 Å². The molecule has 0 atom stereocenters. The maximum atomic E-state index is 6.04. The lowest BCUT2D eigenvalue weighted by molar-refractivity contribution is 0.295. The lowest BCUT2D eigenvalue weighted by Crippen LogP contribution is -2.19. The summed E-state index contributed by atoms with van der Waals surface area (Å²) >= 11 is 6.04. The van der Waals surface area contributed by atoms with Crippen LogP contribution >= 0.6 is 11.6 Å². The molecular weight excluding hydrogens is 244 g/mol. The lowest BCUT2D eigenvalue weighted by atomic mass is 9.90. The van der Waals surface area contributed by atoms with Crippen molar-refractivity contribution in [2.75, 3.05) is 0 Å². The maximum absolute atomic E-state index is 6.04. The van der Waals surface area contributed by atoms with E-state index in [0.717, 1.165) is 24.3 Å². The minimum atomic E-state index is 0.262. The molecule has 1 aromatic carbocycles. The van der Waals surface area contributed by atoms with Crippen LogP contribution in [0.4, 0.5) is 0 Å². The second kappa shape index (κ2) is 4.93. The zero-order valence-corrected chi connectivity index (χ0v) is 12.4. The molecule has 0 aliphatic carbocycles. The van der Waals surface area contributed by atoms with Crippen molar-refractivity contribution >= 4 is 22.6 Å². The van der Waals surface area contributed by atoms with Gasteiger partial charge in [0.1, 0.15) is 5.82 Å². The van der Waals surface area contributed by atoms with E-state index in [2.05, 4.69) is 55.4 Å². The van der Waals surface area contributed by atoms with Crippen molar-refractivity contribution in [3.05, 3.63) is 29.6 Å². The van der Waals surface area contributed by atoms with E-state index in [1.54, 1.807) is 0 Å². The van der Waals surface area contributed by atoms with Gasteiger partial charge in [-0.15, -0.1) is 11.6 Å². The predicted octanol–water partition coefficient (Wildman–Crippen LogP) is 4.52. The van der Waals surface area contributed by atoms with E-state index < -0.39 is 0 Å². The monoisotopic (exact) mass is 264 g/mol. The Morgan fingerprint density at radius 3 is 2.67 bits per heavy atom. The van der Waals surface area contributed by atoms with Crippen LogP contribution in [0.3, 0.4) is 0 Å². The average Bonchev–Trinajstić information content (AvgIpc) is 2.69. The molecule has 0 saturated carbocycles. The van der Waals surface area contributed by atoms with Crippen LogP contribution in [-0.2, 0) is 12.4 Å². The number of imidazole rings is 1. The molecule has 0 aliphatic rings. The summed E-state index contributed by atoms with van der Waals surface area (Å²) in [4.78, 5) is 4.68. The standard InChI is InChI=1S/C15H21ClN2/c1-5-15(3,4)10-18-12-8-6-7-11(2)14(12)17-13(18)9-16/h6-8H,5,9-10H2,1-4H3. The second-order valence-electron chi connectivity index (χ2n) is 5.71. The van der Waals surface area contributed by atoms with Crippen LogP contribution in [0.1, 0.15) is 38.6 Å². The van der Waals surface area contributed by atoms with Crippen molar-refractivity contribution in [1.29, 1.82) is 0 Å². The molecule has 0 saturated heterocycles.